The molecule has 0 amide bonds. The first-order valence-corrected chi connectivity index (χ1v) is 7.70. The summed E-state index contributed by atoms with van der Waals surface area (Å²) in [6.07, 6.45) is 0. The molecule has 24 heavy (non-hydrogen) atoms. The van der Waals surface area contributed by atoms with E-state index in [0.717, 1.165) is 11.4 Å². The molecule has 0 spiro atoms. The van der Waals surface area contributed by atoms with Gasteiger partial charge in [0, 0.05) is 23.7 Å². The summed E-state index contributed by atoms with van der Waals surface area (Å²) in [6.45, 7) is 4.00. The quantitative estimate of drug-likeness (QED) is 0.455. The van der Waals surface area contributed by atoms with E-state index in [4.69, 9.17) is 4.52 Å². The highest BCUT2D eigenvalue weighted by Crippen LogP contribution is 2.24. The van der Waals surface area contributed by atoms with Crippen molar-refractivity contribution in [3.63, 3.8) is 0 Å². The third kappa shape index (κ3) is 3.43. The van der Waals surface area contributed by atoms with Crippen molar-refractivity contribution in [2.75, 3.05) is 5.32 Å². The molecule has 0 fully saturated rings. The van der Waals surface area contributed by atoms with E-state index in [2.05, 4.69) is 15.6 Å². The lowest BCUT2D eigenvalue weighted by Gasteiger charge is -2.12. The molecule has 0 saturated heterocycles. The van der Waals surface area contributed by atoms with Crippen molar-refractivity contribution in [1.29, 1.82) is 0 Å². The first-order valence-electron chi connectivity index (χ1n) is 7.70. The Morgan fingerprint density at radius 2 is 1.71 bits per heavy atom. The molecule has 3 rings (SSSR count). The lowest BCUT2D eigenvalue weighted by molar-refractivity contribution is -0.678. The Morgan fingerprint density at radius 1 is 1.08 bits per heavy atom. The summed E-state index contributed by atoms with van der Waals surface area (Å²) in [6, 6.07) is 18.2. The Balaban J connectivity index is 1.94. The Morgan fingerprint density at radius 3 is 2.33 bits per heavy atom. The highest BCUT2D eigenvalue weighted by atomic mass is 16.5. The smallest absolute Gasteiger partial charge is 0.326 e. The van der Waals surface area contributed by atoms with Crippen LogP contribution in [0.25, 0.3) is 5.69 Å². The van der Waals surface area contributed by atoms with Crippen LogP contribution >= 0.6 is 0 Å². The zero-order valence-corrected chi connectivity index (χ0v) is 13.5. The fourth-order valence-corrected chi connectivity index (χ4v) is 2.35. The van der Waals surface area contributed by atoms with E-state index in [-0.39, 0.29) is 11.8 Å². The molecule has 0 unspecified atom stereocenters. The van der Waals surface area contributed by atoms with Crippen molar-refractivity contribution in [2.45, 2.75) is 19.8 Å². The van der Waals surface area contributed by atoms with Crippen molar-refractivity contribution in [2.24, 2.45) is 4.99 Å². The van der Waals surface area contributed by atoms with Gasteiger partial charge < -0.3 is 10.4 Å². The van der Waals surface area contributed by atoms with Crippen LogP contribution in [0.15, 0.2) is 70.2 Å². The largest absolute Gasteiger partial charge is 0.846 e. The summed E-state index contributed by atoms with van der Waals surface area (Å²) in [5.74, 6) is 0.294. The number of aromatic nitrogens is 2. The van der Waals surface area contributed by atoms with Crippen molar-refractivity contribution in [3.05, 3.63) is 66.4 Å². The summed E-state index contributed by atoms with van der Waals surface area (Å²) in [7, 11) is 0. The zero-order valence-electron chi connectivity index (χ0n) is 13.5. The van der Waals surface area contributed by atoms with Crippen LogP contribution in [0, 0.1) is 0 Å². The molecule has 122 valence electrons. The SMILES string of the molecule is CC(C)c1c(/N=C(\[O-])Nc2ccccc2)on[n+]1-c1ccccc1. The van der Waals surface area contributed by atoms with Gasteiger partial charge in [0.15, 0.2) is 0 Å². The molecule has 0 atom stereocenters. The fourth-order valence-electron chi connectivity index (χ4n) is 2.35. The first-order chi connectivity index (χ1) is 11.6. The number of nitrogens with one attached hydrogen (secondary N) is 1. The maximum Gasteiger partial charge on any atom is 0.326 e. The standard InChI is InChI=1S/C18H18N4O2/c1-13(2)16-17(20-18(23)19-14-9-5-3-6-10-14)24-21-22(16)15-11-7-4-8-12-15/h3-13H,1-2H3,(H-,19,20,21,23). The molecular formula is C18H18N4O2. The van der Waals surface area contributed by atoms with Crippen LogP contribution in [0.4, 0.5) is 11.6 Å². The first kappa shape index (κ1) is 15.7. The van der Waals surface area contributed by atoms with Gasteiger partial charge in [-0.2, -0.15) is 0 Å². The summed E-state index contributed by atoms with van der Waals surface area (Å²) < 4.78 is 6.97. The van der Waals surface area contributed by atoms with E-state index in [9.17, 15) is 5.11 Å². The van der Waals surface area contributed by atoms with Crippen molar-refractivity contribution in [1.82, 2.24) is 5.27 Å². The Labute approximate surface area is 140 Å². The second kappa shape index (κ2) is 6.95. The number of hydrogen-bond acceptors (Lipinski definition) is 4. The number of hydrogen-bond donors (Lipinski definition) is 1. The van der Waals surface area contributed by atoms with Crippen LogP contribution < -0.4 is 15.1 Å². The number of benzene rings is 2. The van der Waals surface area contributed by atoms with Crippen LogP contribution in [0.2, 0.25) is 0 Å². The van der Waals surface area contributed by atoms with Gasteiger partial charge in [-0.25, -0.2) is 4.99 Å². The van der Waals surface area contributed by atoms with E-state index in [1.807, 2.05) is 62.4 Å². The third-order valence-electron chi connectivity index (χ3n) is 3.43. The average Bonchev–Trinajstić information content (AvgIpc) is 3.00. The number of aliphatic imine (C=N–C) groups is 1. The number of para-hydroxylation sites is 2. The summed E-state index contributed by atoms with van der Waals surface area (Å²) in [5, 5.41) is 18.9. The predicted octanol–water partition coefficient (Wildman–Crippen LogP) is 2.53. The monoisotopic (exact) mass is 322 g/mol. The minimum atomic E-state index is -0.500. The molecule has 1 aromatic heterocycles. The molecule has 3 aromatic rings. The molecule has 0 aliphatic rings. The molecule has 6 heteroatoms. The predicted molar refractivity (Wildman–Crippen MR) is 89.3 cm³/mol. The minimum absolute atomic E-state index is 0.0831. The second-order valence-corrected chi connectivity index (χ2v) is 5.57. The van der Waals surface area contributed by atoms with Crippen LogP contribution in [-0.4, -0.2) is 11.3 Å². The normalized spacial score (nSPS) is 11.7. The molecule has 0 bridgehead atoms. The molecular weight excluding hydrogens is 304 g/mol. The van der Waals surface area contributed by atoms with Gasteiger partial charge in [0.2, 0.25) is 11.0 Å². The van der Waals surface area contributed by atoms with Crippen molar-refractivity contribution >= 4 is 17.6 Å². The number of anilines is 1. The topological polar surface area (TPSA) is 77.4 Å². The molecule has 1 heterocycles. The number of amidine groups is 1. The highest BCUT2D eigenvalue weighted by Gasteiger charge is 2.29. The highest BCUT2D eigenvalue weighted by molar-refractivity contribution is 5.87. The Hall–Kier alpha value is -3.15. The van der Waals surface area contributed by atoms with Gasteiger partial charge >= 0.3 is 5.88 Å². The number of rotatable bonds is 4. The maximum atomic E-state index is 12.1. The lowest BCUT2D eigenvalue weighted by atomic mass is 10.1. The lowest BCUT2D eigenvalue weighted by Crippen LogP contribution is -2.37. The van der Waals surface area contributed by atoms with Crippen LogP contribution in [0.5, 0.6) is 0 Å². The number of nitrogens with zero attached hydrogens (tertiary/aromatic N) is 3. The molecule has 2 aromatic carbocycles. The molecule has 0 saturated carbocycles. The molecule has 0 radical (unpaired) electrons. The van der Waals surface area contributed by atoms with E-state index in [0.29, 0.717) is 5.69 Å². The van der Waals surface area contributed by atoms with Gasteiger partial charge in [-0.1, -0.05) is 50.2 Å². The maximum absolute atomic E-state index is 12.1. The molecule has 0 aliphatic heterocycles. The van der Waals surface area contributed by atoms with Crippen molar-refractivity contribution in [3.8, 4) is 5.69 Å². The van der Waals surface area contributed by atoms with E-state index < -0.39 is 6.02 Å². The summed E-state index contributed by atoms with van der Waals surface area (Å²) in [5.41, 5.74) is 2.27. The summed E-state index contributed by atoms with van der Waals surface area (Å²) in [4.78, 5) is 4.02. The van der Waals surface area contributed by atoms with Gasteiger partial charge in [0.25, 0.3) is 5.69 Å². The van der Waals surface area contributed by atoms with Gasteiger partial charge in [-0.05, 0) is 16.8 Å². The van der Waals surface area contributed by atoms with Gasteiger partial charge in [0.1, 0.15) is 0 Å². The Bertz CT molecular complexity index is 827. The Kier molecular flexibility index (Phi) is 4.56. The average molecular weight is 322 g/mol. The van der Waals surface area contributed by atoms with Gasteiger partial charge in [0.05, 0.1) is 6.02 Å². The third-order valence-corrected chi connectivity index (χ3v) is 3.43. The van der Waals surface area contributed by atoms with Crippen molar-refractivity contribution < 1.29 is 14.3 Å². The molecule has 1 N–H and O–H groups in total. The zero-order chi connectivity index (χ0) is 16.9. The minimum Gasteiger partial charge on any atom is -0.846 e. The second-order valence-electron chi connectivity index (χ2n) is 5.57. The van der Waals surface area contributed by atoms with E-state index >= 15 is 0 Å². The van der Waals surface area contributed by atoms with Crippen LogP contribution in [0.3, 0.4) is 0 Å². The van der Waals surface area contributed by atoms with Gasteiger partial charge in [-0.15, -0.1) is 0 Å². The summed E-state index contributed by atoms with van der Waals surface area (Å²) >= 11 is 0. The molecule has 0 aliphatic carbocycles. The molecule has 6 nitrogen and oxygen atoms in total. The van der Waals surface area contributed by atoms with E-state index in [1.54, 1.807) is 16.8 Å². The van der Waals surface area contributed by atoms with Crippen LogP contribution in [0.1, 0.15) is 25.5 Å². The van der Waals surface area contributed by atoms with Gasteiger partial charge in [-0.3, -0.25) is 4.52 Å². The fraction of sp³-hybridized carbons (Fsp3) is 0.167. The van der Waals surface area contributed by atoms with E-state index in [1.165, 1.54) is 0 Å². The van der Waals surface area contributed by atoms with Crippen LogP contribution in [-0.2, 0) is 0 Å².